The molecule has 0 amide bonds. The first-order chi connectivity index (χ1) is 10.3. The fraction of sp³-hybridized carbons (Fsp3) is 0.438. The van der Waals surface area contributed by atoms with Crippen LogP contribution in [0.1, 0.15) is 12.0 Å². The van der Waals surface area contributed by atoms with Crippen molar-refractivity contribution in [1.29, 1.82) is 0 Å². The van der Waals surface area contributed by atoms with Crippen molar-refractivity contribution in [3.8, 4) is 0 Å². The third kappa shape index (κ3) is 4.13. The van der Waals surface area contributed by atoms with Crippen LogP contribution in [0.4, 0.5) is 0 Å². The Morgan fingerprint density at radius 1 is 1.27 bits per heavy atom. The molecular weight excluding hydrogens is 391 g/mol. The molecule has 0 saturated carbocycles. The molecule has 6 heteroatoms. The Hall–Kier alpha value is -1.28. The number of aryl methyl sites for hydroxylation is 1. The molecule has 2 aromatic rings. The number of benzene rings is 1. The predicted octanol–water partition coefficient (Wildman–Crippen LogP) is 2.37. The van der Waals surface area contributed by atoms with Gasteiger partial charge in [-0.25, -0.2) is 0 Å². The van der Waals surface area contributed by atoms with Crippen LogP contribution in [0, 0.1) is 0 Å². The maximum atomic E-state index is 6.01. The summed E-state index contributed by atoms with van der Waals surface area (Å²) in [6.07, 6.45) is 4.12. The third-order valence-corrected chi connectivity index (χ3v) is 3.89. The van der Waals surface area contributed by atoms with Gasteiger partial charge in [0.1, 0.15) is 0 Å². The average molecular weight is 414 g/mol. The summed E-state index contributed by atoms with van der Waals surface area (Å²) < 4.78 is 5.31. The Kier molecular flexibility index (Phi) is 6.50. The van der Waals surface area contributed by atoms with Gasteiger partial charge in [0.25, 0.3) is 0 Å². The summed E-state index contributed by atoms with van der Waals surface area (Å²) in [4.78, 5) is 9.88. The summed E-state index contributed by atoms with van der Waals surface area (Å²) in [6.45, 7) is 3.94. The van der Waals surface area contributed by atoms with Crippen molar-refractivity contribution in [2.75, 3.05) is 32.8 Å². The second-order valence-corrected chi connectivity index (χ2v) is 5.30. The summed E-state index contributed by atoms with van der Waals surface area (Å²) in [5.74, 6) is 0.650. The number of H-pyrrole nitrogens is 1. The largest absolute Gasteiger partial charge is 0.378 e. The van der Waals surface area contributed by atoms with Gasteiger partial charge in [0.05, 0.1) is 13.2 Å². The van der Waals surface area contributed by atoms with Crippen molar-refractivity contribution in [3.63, 3.8) is 0 Å². The smallest absolute Gasteiger partial charge is 0.191 e. The average Bonchev–Trinajstić information content (AvgIpc) is 2.95. The predicted molar refractivity (Wildman–Crippen MR) is 101 cm³/mol. The maximum absolute atomic E-state index is 6.01. The van der Waals surface area contributed by atoms with E-state index in [9.17, 15) is 0 Å². The molecule has 0 unspecified atom stereocenters. The standard InChI is InChI=1S/C16H22N4O.HI/c17-16(20-8-10-21-11-9-20)18-7-3-4-13-12-19-15-6-2-1-5-14(13)15;/h1-2,5-6,12,19H,3-4,7-11H2,(H2,17,18);1H. The number of para-hydroxylation sites is 1. The number of nitrogens with two attached hydrogens (primary N) is 1. The van der Waals surface area contributed by atoms with Crippen molar-refractivity contribution in [2.45, 2.75) is 12.8 Å². The molecule has 120 valence electrons. The van der Waals surface area contributed by atoms with Gasteiger partial charge < -0.3 is 20.4 Å². The maximum Gasteiger partial charge on any atom is 0.191 e. The second-order valence-electron chi connectivity index (χ2n) is 5.30. The number of aromatic amines is 1. The lowest BCUT2D eigenvalue weighted by atomic mass is 10.1. The third-order valence-electron chi connectivity index (χ3n) is 3.89. The number of guanidine groups is 1. The number of rotatable bonds is 4. The molecule has 1 saturated heterocycles. The van der Waals surface area contributed by atoms with Crippen LogP contribution in [0.2, 0.25) is 0 Å². The van der Waals surface area contributed by atoms with Crippen LogP contribution >= 0.6 is 24.0 Å². The highest BCUT2D eigenvalue weighted by atomic mass is 127. The fourth-order valence-electron chi connectivity index (χ4n) is 2.69. The van der Waals surface area contributed by atoms with E-state index in [0.29, 0.717) is 5.96 Å². The Labute approximate surface area is 147 Å². The number of aliphatic imine (C=N–C) groups is 1. The first-order valence-corrected chi connectivity index (χ1v) is 7.52. The lowest BCUT2D eigenvalue weighted by Gasteiger charge is -2.27. The highest BCUT2D eigenvalue weighted by Gasteiger charge is 2.11. The lowest BCUT2D eigenvalue weighted by molar-refractivity contribution is 0.0674. The lowest BCUT2D eigenvalue weighted by Crippen LogP contribution is -2.44. The fourth-order valence-corrected chi connectivity index (χ4v) is 2.69. The molecule has 3 rings (SSSR count). The van der Waals surface area contributed by atoms with E-state index in [1.165, 1.54) is 16.5 Å². The molecule has 1 fully saturated rings. The number of hydrogen-bond donors (Lipinski definition) is 2. The van der Waals surface area contributed by atoms with Gasteiger partial charge in [-0.2, -0.15) is 0 Å². The van der Waals surface area contributed by atoms with E-state index < -0.39 is 0 Å². The first-order valence-electron chi connectivity index (χ1n) is 7.52. The van der Waals surface area contributed by atoms with E-state index in [1.807, 2.05) is 0 Å². The topological polar surface area (TPSA) is 66.6 Å². The number of halogens is 1. The minimum Gasteiger partial charge on any atom is -0.378 e. The molecule has 0 aliphatic carbocycles. The van der Waals surface area contributed by atoms with Gasteiger partial charge in [-0.3, -0.25) is 4.99 Å². The molecule has 1 aromatic carbocycles. The van der Waals surface area contributed by atoms with Gasteiger partial charge in [-0.05, 0) is 24.5 Å². The van der Waals surface area contributed by atoms with Crippen LogP contribution in [0.5, 0.6) is 0 Å². The minimum absolute atomic E-state index is 0. The first kappa shape index (κ1) is 17.1. The van der Waals surface area contributed by atoms with E-state index in [1.54, 1.807) is 0 Å². The summed E-state index contributed by atoms with van der Waals surface area (Å²) in [5, 5.41) is 1.31. The number of aromatic nitrogens is 1. The number of nitrogens with zero attached hydrogens (tertiary/aromatic N) is 2. The zero-order chi connectivity index (χ0) is 14.5. The van der Waals surface area contributed by atoms with Gasteiger partial charge in [0, 0.05) is 36.7 Å². The second kappa shape index (κ2) is 8.38. The van der Waals surface area contributed by atoms with Crippen molar-refractivity contribution < 1.29 is 4.74 Å². The summed E-state index contributed by atoms with van der Waals surface area (Å²) in [5.41, 5.74) is 8.56. The Balaban J connectivity index is 0.00000176. The molecule has 1 aliphatic heterocycles. The van der Waals surface area contributed by atoms with Crippen molar-refractivity contribution in [2.24, 2.45) is 10.7 Å². The van der Waals surface area contributed by atoms with Crippen molar-refractivity contribution in [1.82, 2.24) is 9.88 Å². The van der Waals surface area contributed by atoms with E-state index in [4.69, 9.17) is 10.5 Å². The Bertz CT molecular complexity index is 619. The zero-order valence-corrected chi connectivity index (χ0v) is 15.0. The van der Waals surface area contributed by atoms with Gasteiger partial charge in [-0.15, -0.1) is 24.0 Å². The molecule has 1 aliphatic rings. The number of hydrogen-bond acceptors (Lipinski definition) is 2. The van der Waals surface area contributed by atoms with Gasteiger partial charge in [0.15, 0.2) is 5.96 Å². The molecule has 3 N–H and O–H groups in total. The van der Waals surface area contributed by atoms with E-state index in [2.05, 4.69) is 45.3 Å². The summed E-state index contributed by atoms with van der Waals surface area (Å²) in [6, 6.07) is 8.39. The van der Waals surface area contributed by atoms with E-state index >= 15 is 0 Å². The van der Waals surface area contributed by atoms with Gasteiger partial charge in [0.2, 0.25) is 0 Å². The number of morpholine rings is 1. The van der Waals surface area contributed by atoms with Crippen molar-refractivity contribution in [3.05, 3.63) is 36.0 Å². The normalized spacial score (nSPS) is 15.8. The van der Waals surface area contributed by atoms with Gasteiger partial charge >= 0.3 is 0 Å². The molecule has 5 nitrogen and oxygen atoms in total. The zero-order valence-electron chi connectivity index (χ0n) is 12.6. The molecule has 0 atom stereocenters. The number of ether oxygens (including phenoxy) is 1. The molecule has 0 bridgehead atoms. The quantitative estimate of drug-likeness (QED) is 0.350. The molecule has 0 radical (unpaired) electrons. The van der Waals surface area contributed by atoms with E-state index in [-0.39, 0.29) is 24.0 Å². The van der Waals surface area contributed by atoms with Crippen LogP contribution in [0.15, 0.2) is 35.5 Å². The highest BCUT2D eigenvalue weighted by molar-refractivity contribution is 14.0. The number of nitrogens with one attached hydrogen (secondary N) is 1. The van der Waals surface area contributed by atoms with Crippen LogP contribution in [0.3, 0.4) is 0 Å². The van der Waals surface area contributed by atoms with Crippen LogP contribution in [-0.4, -0.2) is 48.7 Å². The van der Waals surface area contributed by atoms with Crippen LogP contribution in [-0.2, 0) is 11.2 Å². The molecular formula is C16H23IN4O. The van der Waals surface area contributed by atoms with Crippen LogP contribution in [0.25, 0.3) is 10.9 Å². The molecule has 22 heavy (non-hydrogen) atoms. The van der Waals surface area contributed by atoms with E-state index in [0.717, 1.165) is 45.7 Å². The summed E-state index contributed by atoms with van der Waals surface area (Å²) in [7, 11) is 0. The summed E-state index contributed by atoms with van der Waals surface area (Å²) >= 11 is 0. The monoisotopic (exact) mass is 414 g/mol. The molecule has 2 heterocycles. The minimum atomic E-state index is 0. The Morgan fingerprint density at radius 3 is 2.86 bits per heavy atom. The van der Waals surface area contributed by atoms with Crippen LogP contribution < -0.4 is 5.73 Å². The Morgan fingerprint density at radius 2 is 2.05 bits per heavy atom. The molecule has 1 aromatic heterocycles. The number of fused-ring (bicyclic) bond motifs is 1. The van der Waals surface area contributed by atoms with Gasteiger partial charge in [-0.1, -0.05) is 18.2 Å². The van der Waals surface area contributed by atoms with Crippen molar-refractivity contribution >= 4 is 40.8 Å². The molecule has 0 spiro atoms. The highest BCUT2D eigenvalue weighted by Crippen LogP contribution is 2.18. The SMILES string of the molecule is I.NC(=NCCCc1c[nH]c2ccccc12)N1CCOCC1.